The van der Waals surface area contributed by atoms with Crippen LogP contribution in [0.25, 0.3) is 0 Å². The summed E-state index contributed by atoms with van der Waals surface area (Å²) in [6.07, 6.45) is 9.05. The average molecular weight is 354 g/mol. The van der Waals surface area contributed by atoms with Gasteiger partial charge < -0.3 is 10.5 Å². The zero-order chi connectivity index (χ0) is 15.2. The maximum absolute atomic E-state index is 6.47. The molecule has 0 bridgehead atoms. The summed E-state index contributed by atoms with van der Waals surface area (Å²) in [6.45, 7) is 2.29. The molecule has 0 aliphatic heterocycles. The van der Waals surface area contributed by atoms with Crippen LogP contribution in [0.2, 0.25) is 0 Å². The highest BCUT2D eigenvalue weighted by Gasteiger charge is 2.25. The molecule has 3 heteroatoms. The third kappa shape index (κ3) is 4.72. The quantitative estimate of drug-likeness (QED) is 0.786. The van der Waals surface area contributed by atoms with Crippen LogP contribution in [-0.4, -0.2) is 13.2 Å². The molecule has 1 atom stereocenters. The zero-order valence-corrected chi connectivity index (χ0v) is 14.9. The van der Waals surface area contributed by atoms with Gasteiger partial charge in [0.1, 0.15) is 5.75 Å². The Hall–Kier alpha value is -0.540. The molecule has 2 nitrogen and oxygen atoms in total. The molecule has 2 rings (SSSR count). The van der Waals surface area contributed by atoms with E-state index in [1.165, 1.54) is 44.1 Å². The Morgan fingerprint density at radius 2 is 2.00 bits per heavy atom. The van der Waals surface area contributed by atoms with Gasteiger partial charge in [0.2, 0.25) is 0 Å². The first-order valence-corrected chi connectivity index (χ1v) is 9.01. The Labute approximate surface area is 137 Å². The number of hydrogen-bond donors (Lipinski definition) is 1. The number of benzene rings is 1. The minimum absolute atomic E-state index is 0.285. The summed E-state index contributed by atoms with van der Waals surface area (Å²) in [4.78, 5) is 0. The summed E-state index contributed by atoms with van der Waals surface area (Å²) in [5, 5.41) is 0. The summed E-state index contributed by atoms with van der Waals surface area (Å²) < 4.78 is 6.29. The van der Waals surface area contributed by atoms with E-state index in [2.05, 4.69) is 35.0 Å². The topological polar surface area (TPSA) is 35.2 Å². The van der Waals surface area contributed by atoms with Crippen LogP contribution in [0.3, 0.4) is 0 Å². The van der Waals surface area contributed by atoms with Gasteiger partial charge in [0.15, 0.2) is 0 Å². The van der Waals surface area contributed by atoms with Gasteiger partial charge in [-0.15, -0.1) is 0 Å². The normalized spacial score (nSPS) is 23.8. The highest BCUT2D eigenvalue weighted by atomic mass is 79.9. The lowest BCUT2D eigenvalue weighted by Crippen LogP contribution is -2.34. The molecule has 1 aromatic rings. The van der Waals surface area contributed by atoms with Crippen molar-refractivity contribution in [3.8, 4) is 5.75 Å². The van der Waals surface area contributed by atoms with Gasteiger partial charge in [-0.2, -0.15) is 0 Å². The first-order valence-electron chi connectivity index (χ1n) is 8.22. The molecule has 0 heterocycles. The summed E-state index contributed by atoms with van der Waals surface area (Å²) in [7, 11) is 1.69. The second kappa shape index (κ2) is 8.19. The molecule has 0 aromatic heterocycles. The number of rotatable bonds is 6. The van der Waals surface area contributed by atoms with Gasteiger partial charge in [-0.1, -0.05) is 38.7 Å². The molecule has 1 unspecified atom stereocenters. The Balaban J connectivity index is 1.87. The van der Waals surface area contributed by atoms with Crippen molar-refractivity contribution in [2.75, 3.05) is 7.11 Å². The highest BCUT2D eigenvalue weighted by Crippen LogP contribution is 2.34. The fourth-order valence-electron chi connectivity index (χ4n) is 3.59. The van der Waals surface area contributed by atoms with Crippen LogP contribution in [-0.2, 0) is 6.42 Å². The van der Waals surface area contributed by atoms with Crippen molar-refractivity contribution in [3.05, 3.63) is 28.2 Å². The van der Waals surface area contributed by atoms with E-state index in [4.69, 9.17) is 10.5 Å². The van der Waals surface area contributed by atoms with Gasteiger partial charge in [-0.25, -0.2) is 0 Å². The summed E-state index contributed by atoms with van der Waals surface area (Å²) in [5.74, 6) is 2.53. The minimum Gasteiger partial charge on any atom is -0.496 e. The van der Waals surface area contributed by atoms with Crippen LogP contribution in [0.1, 0.15) is 51.0 Å². The lowest BCUT2D eigenvalue weighted by atomic mass is 9.76. The van der Waals surface area contributed by atoms with E-state index >= 15 is 0 Å². The van der Waals surface area contributed by atoms with Gasteiger partial charge in [-0.3, -0.25) is 0 Å². The summed E-state index contributed by atoms with van der Waals surface area (Å²) in [6, 6.07) is 6.57. The van der Waals surface area contributed by atoms with Crippen molar-refractivity contribution in [2.45, 2.75) is 57.9 Å². The molecule has 0 amide bonds. The van der Waals surface area contributed by atoms with E-state index in [1.807, 2.05) is 6.07 Å². The van der Waals surface area contributed by atoms with Crippen LogP contribution >= 0.6 is 15.9 Å². The first-order chi connectivity index (χ1) is 10.1. The lowest BCUT2D eigenvalue weighted by Gasteiger charge is -2.32. The van der Waals surface area contributed by atoms with E-state index in [0.29, 0.717) is 5.92 Å². The predicted octanol–water partition coefficient (Wildman–Crippen LogP) is 4.93. The van der Waals surface area contributed by atoms with E-state index in [-0.39, 0.29) is 6.04 Å². The zero-order valence-electron chi connectivity index (χ0n) is 13.3. The first kappa shape index (κ1) is 16.8. The Bertz CT molecular complexity index is 441. The average Bonchev–Trinajstić information content (AvgIpc) is 2.48. The fraction of sp³-hybridized carbons (Fsp3) is 0.667. The molecule has 1 aromatic carbocycles. The van der Waals surface area contributed by atoms with E-state index in [1.54, 1.807) is 7.11 Å². The maximum Gasteiger partial charge on any atom is 0.133 e. The smallest absolute Gasteiger partial charge is 0.133 e. The molecule has 1 aliphatic rings. The molecular weight excluding hydrogens is 326 g/mol. The molecule has 1 fully saturated rings. The number of halogens is 1. The molecule has 0 spiro atoms. The lowest BCUT2D eigenvalue weighted by molar-refractivity contribution is 0.232. The van der Waals surface area contributed by atoms with Crippen molar-refractivity contribution in [1.29, 1.82) is 0 Å². The summed E-state index contributed by atoms with van der Waals surface area (Å²) in [5.41, 5.74) is 7.77. The monoisotopic (exact) mass is 353 g/mol. The van der Waals surface area contributed by atoms with Gasteiger partial charge in [0.25, 0.3) is 0 Å². The van der Waals surface area contributed by atoms with Crippen molar-refractivity contribution in [1.82, 2.24) is 0 Å². The van der Waals surface area contributed by atoms with Crippen LogP contribution in [0.5, 0.6) is 5.75 Å². The van der Waals surface area contributed by atoms with Crippen LogP contribution in [0.4, 0.5) is 0 Å². The second-order valence-electron chi connectivity index (χ2n) is 6.41. The Morgan fingerprint density at radius 3 is 2.57 bits per heavy atom. The SMILES string of the molecule is CCCC1CCC(C(N)Cc2ccc(OC)c(Br)c2)CC1. The van der Waals surface area contributed by atoms with Gasteiger partial charge in [0, 0.05) is 6.04 Å². The maximum atomic E-state index is 6.47. The van der Waals surface area contributed by atoms with E-state index < -0.39 is 0 Å². The van der Waals surface area contributed by atoms with Crippen LogP contribution < -0.4 is 10.5 Å². The number of methoxy groups -OCH3 is 1. The second-order valence-corrected chi connectivity index (χ2v) is 7.26. The van der Waals surface area contributed by atoms with E-state index in [9.17, 15) is 0 Å². The Morgan fingerprint density at radius 1 is 1.29 bits per heavy atom. The standard InChI is InChI=1S/C18H28BrNO/c1-3-4-13-5-8-15(9-6-13)17(20)12-14-7-10-18(21-2)16(19)11-14/h7,10-11,13,15,17H,3-6,8-9,12,20H2,1-2H3. The molecule has 1 aliphatic carbocycles. The van der Waals surface area contributed by atoms with Gasteiger partial charge in [0.05, 0.1) is 11.6 Å². The van der Waals surface area contributed by atoms with Crippen molar-refractivity contribution in [2.24, 2.45) is 17.6 Å². The molecule has 2 N–H and O–H groups in total. The van der Waals surface area contributed by atoms with E-state index in [0.717, 1.165) is 22.6 Å². The van der Waals surface area contributed by atoms with Gasteiger partial charge >= 0.3 is 0 Å². The number of ether oxygens (including phenoxy) is 1. The minimum atomic E-state index is 0.285. The summed E-state index contributed by atoms with van der Waals surface area (Å²) >= 11 is 3.55. The van der Waals surface area contributed by atoms with Gasteiger partial charge in [-0.05, 0) is 64.7 Å². The van der Waals surface area contributed by atoms with Crippen LogP contribution in [0.15, 0.2) is 22.7 Å². The third-order valence-electron chi connectivity index (χ3n) is 4.88. The molecular formula is C18H28BrNO. The Kier molecular flexibility index (Phi) is 6.56. The van der Waals surface area contributed by atoms with Crippen molar-refractivity contribution >= 4 is 15.9 Å². The molecule has 1 saturated carbocycles. The van der Waals surface area contributed by atoms with Crippen LogP contribution in [0, 0.1) is 11.8 Å². The number of hydrogen-bond acceptors (Lipinski definition) is 2. The molecule has 118 valence electrons. The number of nitrogens with two attached hydrogens (primary N) is 1. The fourth-order valence-corrected chi connectivity index (χ4v) is 4.18. The molecule has 0 radical (unpaired) electrons. The molecule has 0 saturated heterocycles. The molecule has 21 heavy (non-hydrogen) atoms. The predicted molar refractivity (Wildman–Crippen MR) is 92.7 cm³/mol. The highest BCUT2D eigenvalue weighted by molar-refractivity contribution is 9.10. The largest absolute Gasteiger partial charge is 0.496 e. The van der Waals surface area contributed by atoms with Crippen molar-refractivity contribution in [3.63, 3.8) is 0 Å². The van der Waals surface area contributed by atoms with Crippen molar-refractivity contribution < 1.29 is 4.74 Å². The third-order valence-corrected chi connectivity index (χ3v) is 5.50.